The van der Waals surface area contributed by atoms with Gasteiger partial charge in [0.05, 0.1) is 15.2 Å². The largest absolute Gasteiger partial charge is 0.371 e. The lowest BCUT2D eigenvalue weighted by molar-refractivity contribution is 0.438. The normalized spacial score (nSPS) is 18.2. The van der Waals surface area contributed by atoms with Gasteiger partial charge in [0.1, 0.15) is 0 Å². The molecule has 1 aromatic rings. The molecule has 15 heavy (non-hydrogen) atoms. The van der Waals surface area contributed by atoms with Crippen LogP contribution in [0.2, 0.25) is 5.02 Å². The monoisotopic (exact) mass is 287 g/mol. The van der Waals surface area contributed by atoms with Crippen LogP contribution in [-0.2, 0) is 0 Å². The Hall–Kier alpha value is -0.210. The van der Waals surface area contributed by atoms with Gasteiger partial charge in [-0.2, -0.15) is 0 Å². The van der Waals surface area contributed by atoms with Crippen molar-refractivity contribution >= 4 is 33.2 Å². The molecule has 0 amide bonds. The minimum absolute atomic E-state index is 0.797. The summed E-state index contributed by atoms with van der Waals surface area (Å²) >= 11 is 9.65. The van der Waals surface area contributed by atoms with E-state index in [2.05, 4.69) is 33.8 Å². The third-order valence-corrected chi connectivity index (χ3v) is 4.43. The fourth-order valence-electron chi connectivity index (χ4n) is 1.99. The van der Waals surface area contributed by atoms with E-state index in [4.69, 9.17) is 11.6 Å². The summed E-state index contributed by atoms with van der Waals surface area (Å²) in [6, 6.07) is 6.06. The zero-order valence-corrected chi connectivity index (χ0v) is 11.2. The molecule has 82 valence electrons. The van der Waals surface area contributed by atoms with Crippen molar-refractivity contribution in [3.05, 3.63) is 27.7 Å². The topological polar surface area (TPSA) is 3.24 Å². The van der Waals surface area contributed by atoms with Crippen molar-refractivity contribution in [1.82, 2.24) is 0 Å². The van der Waals surface area contributed by atoms with Crippen LogP contribution in [0.3, 0.4) is 0 Å². The molecule has 1 aromatic carbocycles. The summed E-state index contributed by atoms with van der Waals surface area (Å²) in [7, 11) is 0. The van der Waals surface area contributed by atoms with Gasteiger partial charge >= 0.3 is 0 Å². The molecular formula is C12H15BrClN. The van der Waals surface area contributed by atoms with Crippen molar-refractivity contribution in [2.45, 2.75) is 19.8 Å². The van der Waals surface area contributed by atoms with E-state index in [0.717, 1.165) is 28.5 Å². The van der Waals surface area contributed by atoms with Crippen LogP contribution in [-0.4, -0.2) is 13.1 Å². The predicted octanol–water partition coefficient (Wildman–Crippen LogP) is 4.34. The number of rotatable bonds is 1. The van der Waals surface area contributed by atoms with Crippen molar-refractivity contribution in [2.24, 2.45) is 5.92 Å². The Balaban J connectivity index is 2.19. The molecule has 1 fully saturated rings. The average Bonchev–Trinajstić information content (AvgIpc) is 2.24. The Kier molecular flexibility index (Phi) is 3.57. The third-order valence-electron chi connectivity index (χ3n) is 3.06. The van der Waals surface area contributed by atoms with E-state index in [-0.39, 0.29) is 0 Å². The quantitative estimate of drug-likeness (QED) is 0.743. The Bertz CT molecular complexity index is 345. The first-order chi connectivity index (χ1) is 7.18. The molecule has 1 heterocycles. The number of anilines is 1. The van der Waals surface area contributed by atoms with Crippen LogP contribution >= 0.6 is 27.5 Å². The first kappa shape index (κ1) is 11.3. The van der Waals surface area contributed by atoms with E-state index in [0.29, 0.717) is 0 Å². The molecule has 1 aliphatic rings. The molecule has 0 unspecified atom stereocenters. The molecule has 1 aliphatic heterocycles. The Morgan fingerprint density at radius 2 is 2.00 bits per heavy atom. The van der Waals surface area contributed by atoms with Crippen LogP contribution in [0.15, 0.2) is 22.7 Å². The van der Waals surface area contributed by atoms with E-state index in [1.807, 2.05) is 12.1 Å². The highest BCUT2D eigenvalue weighted by atomic mass is 79.9. The zero-order valence-electron chi connectivity index (χ0n) is 8.84. The van der Waals surface area contributed by atoms with Crippen molar-refractivity contribution in [3.8, 4) is 0 Å². The molecule has 0 aromatic heterocycles. The average molecular weight is 289 g/mol. The highest BCUT2D eigenvalue weighted by molar-refractivity contribution is 9.10. The second-order valence-corrected chi connectivity index (χ2v) is 5.44. The van der Waals surface area contributed by atoms with Gasteiger partial charge in [-0.05, 0) is 46.8 Å². The fourth-order valence-corrected chi connectivity index (χ4v) is 2.67. The Morgan fingerprint density at radius 3 is 2.67 bits per heavy atom. The standard InChI is InChI=1S/C12H15BrClN/c1-9-5-7-15(8-6-9)11-4-2-3-10(14)12(11)13/h2-4,9H,5-8H2,1H3. The number of piperidine rings is 1. The number of hydrogen-bond acceptors (Lipinski definition) is 1. The van der Waals surface area contributed by atoms with Crippen molar-refractivity contribution < 1.29 is 0 Å². The van der Waals surface area contributed by atoms with Crippen LogP contribution < -0.4 is 4.90 Å². The van der Waals surface area contributed by atoms with E-state index < -0.39 is 0 Å². The molecule has 2 rings (SSSR count). The van der Waals surface area contributed by atoms with Gasteiger partial charge in [-0.3, -0.25) is 0 Å². The molecule has 0 radical (unpaired) electrons. The number of benzene rings is 1. The summed E-state index contributed by atoms with van der Waals surface area (Å²) in [5.41, 5.74) is 1.23. The third kappa shape index (κ3) is 2.48. The first-order valence-corrected chi connectivity index (χ1v) is 6.54. The molecular weight excluding hydrogens is 273 g/mol. The minimum Gasteiger partial charge on any atom is -0.371 e. The molecule has 1 nitrogen and oxygen atoms in total. The molecule has 1 saturated heterocycles. The van der Waals surface area contributed by atoms with E-state index in [1.54, 1.807) is 0 Å². The van der Waals surface area contributed by atoms with Gasteiger partial charge in [0.2, 0.25) is 0 Å². The summed E-state index contributed by atoms with van der Waals surface area (Å²) in [6.45, 7) is 4.60. The second-order valence-electron chi connectivity index (χ2n) is 4.24. The molecule has 0 bridgehead atoms. The lowest BCUT2D eigenvalue weighted by Crippen LogP contribution is -2.32. The first-order valence-electron chi connectivity index (χ1n) is 5.37. The molecule has 0 N–H and O–H groups in total. The molecule has 0 aliphatic carbocycles. The van der Waals surface area contributed by atoms with Gasteiger partial charge in [-0.1, -0.05) is 24.6 Å². The summed E-state index contributed by atoms with van der Waals surface area (Å²) in [6.07, 6.45) is 2.55. The van der Waals surface area contributed by atoms with E-state index in [1.165, 1.54) is 18.5 Å². The highest BCUT2D eigenvalue weighted by Gasteiger charge is 2.18. The van der Waals surface area contributed by atoms with Gasteiger partial charge in [-0.15, -0.1) is 0 Å². The smallest absolute Gasteiger partial charge is 0.0595 e. The second kappa shape index (κ2) is 4.75. The maximum Gasteiger partial charge on any atom is 0.0595 e. The van der Waals surface area contributed by atoms with E-state index in [9.17, 15) is 0 Å². The van der Waals surface area contributed by atoms with Gasteiger partial charge in [-0.25, -0.2) is 0 Å². The Labute approximate surface area is 105 Å². The maximum atomic E-state index is 6.09. The van der Waals surface area contributed by atoms with Crippen LogP contribution in [0.1, 0.15) is 19.8 Å². The maximum absolute atomic E-state index is 6.09. The summed E-state index contributed by atoms with van der Waals surface area (Å²) in [4.78, 5) is 2.41. The molecule has 3 heteroatoms. The summed E-state index contributed by atoms with van der Waals surface area (Å²) in [5, 5.41) is 0.797. The minimum atomic E-state index is 0.797. The SMILES string of the molecule is CC1CCN(c2cccc(Cl)c2Br)CC1. The van der Waals surface area contributed by atoms with Crippen molar-refractivity contribution in [3.63, 3.8) is 0 Å². The fraction of sp³-hybridized carbons (Fsp3) is 0.500. The Morgan fingerprint density at radius 1 is 1.33 bits per heavy atom. The highest BCUT2D eigenvalue weighted by Crippen LogP contribution is 2.34. The number of hydrogen-bond donors (Lipinski definition) is 0. The number of nitrogens with zero attached hydrogens (tertiary/aromatic N) is 1. The van der Waals surface area contributed by atoms with E-state index >= 15 is 0 Å². The summed E-state index contributed by atoms with van der Waals surface area (Å²) < 4.78 is 1.03. The molecule has 0 saturated carbocycles. The van der Waals surface area contributed by atoms with Gasteiger partial charge in [0.15, 0.2) is 0 Å². The van der Waals surface area contributed by atoms with Gasteiger partial charge < -0.3 is 4.90 Å². The van der Waals surface area contributed by atoms with Crippen LogP contribution in [0, 0.1) is 5.92 Å². The van der Waals surface area contributed by atoms with Crippen LogP contribution in [0.5, 0.6) is 0 Å². The lowest BCUT2D eigenvalue weighted by Gasteiger charge is -2.32. The van der Waals surface area contributed by atoms with Crippen LogP contribution in [0.25, 0.3) is 0 Å². The molecule has 0 atom stereocenters. The lowest BCUT2D eigenvalue weighted by atomic mass is 9.99. The zero-order chi connectivity index (χ0) is 10.8. The van der Waals surface area contributed by atoms with Crippen LogP contribution in [0.4, 0.5) is 5.69 Å². The van der Waals surface area contributed by atoms with Gasteiger partial charge in [0, 0.05) is 13.1 Å². The van der Waals surface area contributed by atoms with Crippen molar-refractivity contribution in [2.75, 3.05) is 18.0 Å². The predicted molar refractivity (Wildman–Crippen MR) is 69.8 cm³/mol. The molecule has 0 spiro atoms. The van der Waals surface area contributed by atoms with Crippen molar-refractivity contribution in [1.29, 1.82) is 0 Å². The summed E-state index contributed by atoms with van der Waals surface area (Å²) in [5.74, 6) is 0.860. The number of halogens is 2. The van der Waals surface area contributed by atoms with Gasteiger partial charge in [0.25, 0.3) is 0 Å².